The van der Waals surface area contributed by atoms with Crippen molar-refractivity contribution in [3.05, 3.63) is 11.7 Å². The fraction of sp³-hybridized carbons (Fsp3) is 0.833. The van der Waals surface area contributed by atoms with Crippen molar-refractivity contribution in [2.75, 3.05) is 24.3 Å². The maximum atomic E-state index is 5.37. The second kappa shape index (κ2) is 7.40. The van der Waals surface area contributed by atoms with E-state index in [-0.39, 0.29) is 0 Å². The molecule has 102 valence electrons. The summed E-state index contributed by atoms with van der Waals surface area (Å²) in [6.07, 6.45) is 3.14. The average molecular weight is 287 g/mol. The second-order valence-corrected chi connectivity index (χ2v) is 6.92. The molecule has 0 radical (unpaired) electrons. The molecule has 1 aliphatic rings. The summed E-state index contributed by atoms with van der Waals surface area (Å²) >= 11 is 3.92. The van der Waals surface area contributed by atoms with Crippen LogP contribution in [0.1, 0.15) is 36.7 Å². The number of nitrogens with zero attached hydrogens (tertiary/aromatic N) is 2. The van der Waals surface area contributed by atoms with Gasteiger partial charge < -0.3 is 9.84 Å². The standard InChI is InChI=1S/C12H21N3OS2/c1-3-4-9(13-2)7-11-14-12(15-16-11)10-8-17-5-6-18-10/h9-10,13H,3-8H2,1-2H3. The molecule has 1 aliphatic heterocycles. The molecule has 2 heterocycles. The van der Waals surface area contributed by atoms with Crippen molar-refractivity contribution in [3.63, 3.8) is 0 Å². The maximum Gasteiger partial charge on any atom is 0.228 e. The lowest BCUT2D eigenvalue weighted by molar-refractivity contribution is 0.352. The highest BCUT2D eigenvalue weighted by molar-refractivity contribution is 8.06. The van der Waals surface area contributed by atoms with Crippen molar-refractivity contribution in [2.24, 2.45) is 0 Å². The number of rotatable bonds is 6. The van der Waals surface area contributed by atoms with Crippen LogP contribution in [0, 0.1) is 0 Å². The van der Waals surface area contributed by atoms with Crippen molar-refractivity contribution < 1.29 is 4.52 Å². The maximum absolute atomic E-state index is 5.37. The Kier molecular flexibility index (Phi) is 5.85. The van der Waals surface area contributed by atoms with E-state index >= 15 is 0 Å². The van der Waals surface area contributed by atoms with Gasteiger partial charge in [0.25, 0.3) is 0 Å². The van der Waals surface area contributed by atoms with Crippen LogP contribution in [-0.2, 0) is 6.42 Å². The highest BCUT2D eigenvalue weighted by atomic mass is 32.2. The molecule has 0 saturated carbocycles. The molecule has 6 heteroatoms. The average Bonchev–Trinajstić information content (AvgIpc) is 2.88. The number of thioether (sulfide) groups is 2. The Balaban J connectivity index is 1.92. The van der Waals surface area contributed by atoms with Crippen molar-refractivity contribution in [1.29, 1.82) is 0 Å². The minimum atomic E-state index is 0.417. The van der Waals surface area contributed by atoms with Crippen LogP contribution in [-0.4, -0.2) is 40.5 Å². The van der Waals surface area contributed by atoms with Gasteiger partial charge in [0.2, 0.25) is 5.89 Å². The number of likely N-dealkylation sites (N-methyl/N-ethyl adjacent to an activating group) is 1. The fourth-order valence-corrected chi connectivity index (χ4v) is 4.62. The monoisotopic (exact) mass is 287 g/mol. The summed E-state index contributed by atoms with van der Waals surface area (Å²) < 4.78 is 5.37. The minimum Gasteiger partial charge on any atom is -0.339 e. The third-order valence-corrected chi connectivity index (χ3v) is 5.81. The predicted octanol–water partition coefficient (Wildman–Crippen LogP) is 2.52. The van der Waals surface area contributed by atoms with Gasteiger partial charge in [-0.05, 0) is 13.5 Å². The fourth-order valence-electron chi connectivity index (χ4n) is 2.03. The quantitative estimate of drug-likeness (QED) is 0.867. The molecular formula is C12H21N3OS2. The first-order valence-corrected chi connectivity index (χ1v) is 8.73. The minimum absolute atomic E-state index is 0.417. The molecular weight excluding hydrogens is 266 g/mol. The zero-order valence-corrected chi connectivity index (χ0v) is 12.6. The molecule has 0 aliphatic carbocycles. The van der Waals surface area contributed by atoms with Gasteiger partial charge in [-0.15, -0.1) is 11.8 Å². The van der Waals surface area contributed by atoms with Crippen LogP contribution in [0.3, 0.4) is 0 Å². The molecule has 1 N–H and O–H groups in total. The van der Waals surface area contributed by atoms with E-state index in [1.807, 2.05) is 30.6 Å². The zero-order chi connectivity index (χ0) is 12.8. The third kappa shape index (κ3) is 3.90. The summed E-state index contributed by atoms with van der Waals surface area (Å²) in [6.45, 7) is 2.19. The summed E-state index contributed by atoms with van der Waals surface area (Å²) in [6, 6.07) is 0.441. The molecule has 0 aromatic carbocycles. The van der Waals surface area contributed by atoms with Crippen LogP contribution in [0.2, 0.25) is 0 Å². The van der Waals surface area contributed by atoms with E-state index < -0.39 is 0 Å². The molecule has 4 nitrogen and oxygen atoms in total. The van der Waals surface area contributed by atoms with Gasteiger partial charge in [0, 0.05) is 29.7 Å². The topological polar surface area (TPSA) is 51.0 Å². The number of hydrogen-bond donors (Lipinski definition) is 1. The van der Waals surface area contributed by atoms with Gasteiger partial charge in [0.05, 0.1) is 5.25 Å². The Hall–Kier alpha value is -0.200. The Morgan fingerprint density at radius 2 is 2.39 bits per heavy atom. The van der Waals surface area contributed by atoms with Gasteiger partial charge in [-0.2, -0.15) is 16.7 Å². The summed E-state index contributed by atoms with van der Waals surface area (Å²) in [5.41, 5.74) is 0. The number of hydrogen-bond acceptors (Lipinski definition) is 6. The first-order valence-electron chi connectivity index (χ1n) is 6.52. The number of aromatic nitrogens is 2. The third-order valence-electron chi connectivity index (χ3n) is 3.05. The highest BCUT2D eigenvalue weighted by Gasteiger charge is 2.22. The summed E-state index contributed by atoms with van der Waals surface area (Å²) in [7, 11) is 1.99. The van der Waals surface area contributed by atoms with Gasteiger partial charge in [-0.1, -0.05) is 18.5 Å². The van der Waals surface area contributed by atoms with Crippen LogP contribution in [0.5, 0.6) is 0 Å². The lowest BCUT2D eigenvalue weighted by atomic mass is 10.1. The van der Waals surface area contributed by atoms with Gasteiger partial charge in [-0.3, -0.25) is 0 Å². The molecule has 0 spiro atoms. The van der Waals surface area contributed by atoms with Crippen molar-refractivity contribution in [2.45, 2.75) is 37.5 Å². The van der Waals surface area contributed by atoms with Crippen LogP contribution in [0.25, 0.3) is 0 Å². The smallest absolute Gasteiger partial charge is 0.228 e. The van der Waals surface area contributed by atoms with E-state index in [2.05, 4.69) is 22.4 Å². The van der Waals surface area contributed by atoms with Crippen molar-refractivity contribution >= 4 is 23.5 Å². The van der Waals surface area contributed by atoms with E-state index in [1.165, 1.54) is 17.9 Å². The first kappa shape index (κ1) is 14.2. The Labute approximate surface area is 117 Å². The molecule has 1 aromatic heterocycles. The molecule has 1 fully saturated rings. The lowest BCUT2D eigenvalue weighted by Crippen LogP contribution is -2.27. The van der Waals surface area contributed by atoms with Gasteiger partial charge >= 0.3 is 0 Å². The predicted molar refractivity (Wildman–Crippen MR) is 78.3 cm³/mol. The van der Waals surface area contributed by atoms with E-state index in [9.17, 15) is 0 Å². The SMILES string of the molecule is CCCC(Cc1nc(C2CSCCS2)no1)NC. The second-order valence-electron chi connectivity index (χ2n) is 4.46. The van der Waals surface area contributed by atoms with Crippen molar-refractivity contribution in [3.8, 4) is 0 Å². The first-order chi connectivity index (χ1) is 8.83. The highest BCUT2D eigenvalue weighted by Crippen LogP contribution is 2.35. The van der Waals surface area contributed by atoms with Gasteiger partial charge in [0.1, 0.15) is 0 Å². The van der Waals surface area contributed by atoms with Crippen LogP contribution in [0.4, 0.5) is 0 Å². The molecule has 0 bridgehead atoms. The molecule has 2 unspecified atom stereocenters. The lowest BCUT2D eigenvalue weighted by Gasteiger charge is -2.17. The Morgan fingerprint density at radius 3 is 3.06 bits per heavy atom. The van der Waals surface area contributed by atoms with E-state index in [4.69, 9.17) is 4.52 Å². The number of nitrogens with one attached hydrogen (secondary N) is 1. The zero-order valence-electron chi connectivity index (χ0n) is 11.0. The molecule has 2 atom stereocenters. The molecule has 1 aromatic rings. The Bertz CT molecular complexity index is 353. The van der Waals surface area contributed by atoms with Gasteiger partial charge in [0.15, 0.2) is 5.82 Å². The molecule has 1 saturated heterocycles. The van der Waals surface area contributed by atoms with E-state index in [0.717, 1.165) is 30.3 Å². The normalized spacial score (nSPS) is 22.0. The summed E-state index contributed by atoms with van der Waals surface area (Å²) in [4.78, 5) is 4.55. The molecule has 2 rings (SSSR count). The van der Waals surface area contributed by atoms with Gasteiger partial charge in [-0.25, -0.2) is 0 Å². The van der Waals surface area contributed by atoms with Crippen LogP contribution >= 0.6 is 23.5 Å². The molecule has 18 heavy (non-hydrogen) atoms. The van der Waals surface area contributed by atoms with Crippen LogP contribution < -0.4 is 5.32 Å². The van der Waals surface area contributed by atoms with Crippen LogP contribution in [0.15, 0.2) is 4.52 Å². The largest absolute Gasteiger partial charge is 0.339 e. The Morgan fingerprint density at radius 1 is 1.50 bits per heavy atom. The van der Waals surface area contributed by atoms with E-state index in [0.29, 0.717) is 11.3 Å². The summed E-state index contributed by atoms with van der Waals surface area (Å²) in [5, 5.41) is 7.86. The summed E-state index contributed by atoms with van der Waals surface area (Å²) in [5.74, 6) is 5.19. The van der Waals surface area contributed by atoms with Crippen molar-refractivity contribution in [1.82, 2.24) is 15.5 Å². The molecule has 0 amide bonds. The van der Waals surface area contributed by atoms with E-state index in [1.54, 1.807) is 0 Å².